The summed E-state index contributed by atoms with van der Waals surface area (Å²) < 4.78 is 75.8. The smallest absolute Gasteiger partial charge is 0.306 e. The molecule has 0 aliphatic carbocycles. The first-order chi connectivity index (χ1) is 37.7. The Morgan fingerprint density at radius 1 is 0.443 bits per heavy atom. The zero-order valence-electron chi connectivity index (χ0n) is 47.6. The van der Waals surface area contributed by atoms with Gasteiger partial charge in [0.2, 0.25) is 0 Å². The zero-order chi connectivity index (χ0) is 57.5. The number of unbranched alkanes of at least 4 members (excludes halogenated alkanes) is 8. The highest BCUT2D eigenvalue weighted by molar-refractivity contribution is 5.70. The summed E-state index contributed by atoms with van der Waals surface area (Å²) in [6.07, 6.45) is -21.3. The Bertz CT molecular complexity index is 1770. The molecule has 79 heavy (non-hydrogen) atoms. The fraction of sp³-hybridized carbons (Fsp3) is 0.964. The van der Waals surface area contributed by atoms with Crippen molar-refractivity contribution >= 4 is 11.9 Å². The average Bonchev–Trinajstić information content (AvgIpc) is 3.47. The van der Waals surface area contributed by atoms with Gasteiger partial charge in [0, 0.05) is 12.8 Å². The monoisotopic (exact) mass is 1140 g/mol. The minimum absolute atomic E-state index is 0.0123. The minimum atomic E-state index is -1.88. The van der Waals surface area contributed by atoms with Crippen LogP contribution in [0.15, 0.2) is 0 Å². The SMILES string of the molecule is CCCCCCCCCC(=O)OC1C(OC2C(C)OC3OC4C(OC(CCCCC)CCCCCCCCCC(=O)OC3C2O)OC(C)C(O)C4O)OC(C)C(OC2OC(C)C(O)C(O)C2O)C1OC1OC(C)C(O)C(O)C1O. The van der Waals surface area contributed by atoms with Crippen LogP contribution in [0.3, 0.4) is 0 Å². The third-order valence-corrected chi connectivity index (χ3v) is 16.4. The second-order valence-corrected chi connectivity index (χ2v) is 22.9. The molecule has 6 rings (SSSR count). The number of aliphatic hydroxyl groups excluding tert-OH is 9. The normalized spacial score (nSPS) is 44.3. The van der Waals surface area contributed by atoms with Gasteiger partial charge in [-0.15, -0.1) is 0 Å². The predicted octanol–water partition coefficient (Wildman–Crippen LogP) is 2.95. The molecule has 23 nitrogen and oxygen atoms in total. The van der Waals surface area contributed by atoms with Crippen LogP contribution in [0.5, 0.6) is 0 Å². The molecule has 6 fully saturated rings. The summed E-state index contributed by atoms with van der Waals surface area (Å²) in [4.78, 5) is 27.9. The fourth-order valence-corrected chi connectivity index (χ4v) is 11.4. The number of ether oxygens (including phenoxy) is 12. The Hall–Kier alpha value is -1.82. The molecule has 0 aromatic rings. The van der Waals surface area contributed by atoms with Crippen molar-refractivity contribution in [3.8, 4) is 0 Å². The molecular formula is C56H98O23. The van der Waals surface area contributed by atoms with Crippen molar-refractivity contribution in [1.82, 2.24) is 0 Å². The van der Waals surface area contributed by atoms with E-state index >= 15 is 0 Å². The molecule has 0 aromatic carbocycles. The topological polar surface area (TPSA) is 327 Å². The van der Waals surface area contributed by atoms with Crippen molar-refractivity contribution in [2.75, 3.05) is 0 Å². The van der Waals surface area contributed by atoms with E-state index in [4.69, 9.17) is 56.8 Å². The first kappa shape index (κ1) is 66.3. The summed E-state index contributed by atoms with van der Waals surface area (Å²) in [5.41, 5.74) is 0. The van der Waals surface area contributed by atoms with Gasteiger partial charge in [0.1, 0.15) is 79.4 Å². The second kappa shape index (κ2) is 32.5. The Balaban J connectivity index is 1.34. The number of fused-ring (bicyclic) bond motifs is 2. The predicted molar refractivity (Wildman–Crippen MR) is 278 cm³/mol. The maximum absolute atomic E-state index is 14.1. The van der Waals surface area contributed by atoms with Crippen molar-refractivity contribution < 1.29 is 112 Å². The van der Waals surface area contributed by atoms with Crippen LogP contribution < -0.4 is 0 Å². The molecule has 0 radical (unpaired) electrons. The van der Waals surface area contributed by atoms with E-state index in [1.54, 1.807) is 13.8 Å². The second-order valence-electron chi connectivity index (χ2n) is 22.9. The third kappa shape index (κ3) is 18.1. The van der Waals surface area contributed by atoms with Crippen LogP contribution in [0.25, 0.3) is 0 Å². The molecule has 460 valence electrons. The van der Waals surface area contributed by atoms with E-state index in [0.717, 1.165) is 103 Å². The first-order valence-corrected chi connectivity index (χ1v) is 29.8. The molecule has 6 aliphatic heterocycles. The maximum atomic E-state index is 14.1. The van der Waals surface area contributed by atoms with E-state index in [9.17, 15) is 55.5 Å². The number of rotatable bonds is 19. The maximum Gasteiger partial charge on any atom is 0.306 e. The molecule has 0 saturated carbocycles. The Kier molecular flexibility index (Phi) is 27.2. The van der Waals surface area contributed by atoms with Crippen molar-refractivity contribution in [3.63, 3.8) is 0 Å². The molecule has 26 unspecified atom stereocenters. The quantitative estimate of drug-likeness (QED) is 0.0663. The van der Waals surface area contributed by atoms with Crippen molar-refractivity contribution in [2.24, 2.45) is 0 Å². The van der Waals surface area contributed by atoms with Gasteiger partial charge >= 0.3 is 11.9 Å². The lowest BCUT2D eigenvalue weighted by atomic mass is 9.95. The Morgan fingerprint density at radius 2 is 0.924 bits per heavy atom. The van der Waals surface area contributed by atoms with E-state index < -0.39 is 165 Å². The van der Waals surface area contributed by atoms with E-state index in [-0.39, 0.29) is 18.9 Å². The highest BCUT2D eigenvalue weighted by atomic mass is 16.8. The Labute approximate surface area is 466 Å². The van der Waals surface area contributed by atoms with E-state index in [1.165, 1.54) is 20.8 Å². The number of hydrogen-bond donors (Lipinski definition) is 9. The summed E-state index contributed by atoms with van der Waals surface area (Å²) in [5.74, 6) is -1.42. The molecule has 6 aliphatic rings. The molecule has 6 saturated heterocycles. The zero-order valence-corrected chi connectivity index (χ0v) is 47.6. The van der Waals surface area contributed by atoms with Crippen molar-refractivity contribution in [1.29, 1.82) is 0 Å². The van der Waals surface area contributed by atoms with Gasteiger partial charge in [0.15, 0.2) is 43.7 Å². The number of carbonyl (C=O) groups excluding carboxylic acids is 2. The minimum Gasteiger partial charge on any atom is -0.454 e. The molecule has 0 bridgehead atoms. The number of hydrogen-bond acceptors (Lipinski definition) is 23. The summed E-state index contributed by atoms with van der Waals surface area (Å²) in [7, 11) is 0. The van der Waals surface area contributed by atoms with Gasteiger partial charge in [-0.3, -0.25) is 9.59 Å². The van der Waals surface area contributed by atoms with Crippen LogP contribution in [0.2, 0.25) is 0 Å². The summed E-state index contributed by atoms with van der Waals surface area (Å²) >= 11 is 0. The lowest BCUT2D eigenvalue weighted by Gasteiger charge is -2.51. The lowest BCUT2D eigenvalue weighted by Crippen LogP contribution is -2.68. The van der Waals surface area contributed by atoms with Crippen LogP contribution in [0, 0.1) is 0 Å². The van der Waals surface area contributed by atoms with Crippen LogP contribution in [0.1, 0.15) is 183 Å². The number of carbonyl (C=O) groups is 2. The van der Waals surface area contributed by atoms with Crippen molar-refractivity contribution in [2.45, 2.75) is 343 Å². The lowest BCUT2D eigenvalue weighted by molar-refractivity contribution is -0.399. The molecule has 0 aromatic heterocycles. The van der Waals surface area contributed by atoms with Gasteiger partial charge in [-0.1, -0.05) is 110 Å². The van der Waals surface area contributed by atoms with Gasteiger partial charge in [-0.2, -0.15) is 0 Å². The molecule has 23 heteroatoms. The summed E-state index contributed by atoms with van der Waals surface area (Å²) in [6, 6.07) is 0. The molecule has 6 heterocycles. The first-order valence-electron chi connectivity index (χ1n) is 29.8. The third-order valence-electron chi connectivity index (χ3n) is 16.4. The molecule has 0 spiro atoms. The van der Waals surface area contributed by atoms with Gasteiger partial charge in [0.05, 0.1) is 36.6 Å². The van der Waals surface area contributed by atoms with Gasteiger partial charge in [0.25, 0.3) is 0 Å². The Morgan fingerprint density at radius 3 is 1.56 bits per heavy atom. The van der Waals surface area contributed by atoms with Gasteiger partial charge < -0.3 is 103 Å². The molecule has 26 atom stereocenters. The van der Waals surface area contributed by atoms with E-state index in [0.29, 0.717) is 19.3 Å². The fourth-order valence-electron chi connectivity index (χ4n) is 11.4. The van der Waals surface area contributed by atoms with Gasteiger partial charge in [-0.25, -0.2) is 0 Å². The standard InChI is InChI=1S/C56H98O23/c1-8-10-12-13-15-19-24-28-36(58)75-51-50(79-53-44(66)41(63)38(60)30(4)69-53)47(77-52-43(65)40(62)37(59)29(3)68-52)33(7)72-56(51)76-46-32(6)71-55-49(45(46)67)74-35(57)27-23-20-17-14-16-18-22-26-34(25-21-11-9-2)73-54-48(78-55)42(64)39(61)31(5)70-54/h29-34,37-56,59-67H,8-28H2,1-7H3. The van der Waals surface area contributed by atoms with Crippen LogP contribution >= 0.6 is 0 Å². The molecule has 0 amide bonds. The van der Waals surface area contributed by atoms with Crippen LogP contribution in [-0.2, 0) is 66.4 Å². The number of esters is 2. The van der Waals surface area contributed by atoms with Crippen molar-refractivity contribution in [3.05, 3.63) is 0 Å². The largest absolute Gasteiger partial charge is 0.454 e. The van der Waals surface area contributed by atoms with E-state index in [1.807, 2.05) is 0 Å². The highest BCUT2D eigenvalue weighted by Gasteiger charge is 2.58. The number of aliphatic hydroxyl groups is 9. The van der Waals surface area contributed by atoms with E-state index in [2.05, 4.69) is 13.8 Å². The molecule has 9 N–H and O–H groups in total. The van der Waals surface area contributed by atoms with Gasteiger partial charge in [-0.05, 0) is 60.3 Å². The van der Waals surface area contributed by atoms with Crippen LogP contribution in [-0.4, -0.2) is 218 Å². The summed E-state index contributed by atoms with van der Waals surface area (Å²) in [6.45, 7) is 11.8. The van der Waals surface area contributed by atoms with Crippen LogP contribution in [0.4, 0.5) is 0 Å². The molecular weight excluding hydrogens is 1040 g/mol. The highest BCUT2D eigenvalue weighted by Crippen LogP contribution is 2.39. The average molecular weight is 1140 g/mol. The summed E-state index contributed by atoms with van der Waals surface area (Å²) in [5, 5.41) is 101.